The van der Waals surface area contributed by atoms with Crippen molar-refractivity contribution in [3.8, 4) is 0 Å². The smallest absolute Gasteiger partial charge is 0.211 e. The van der Waals surface area contributed by atoms with Gasteiger partial charge in [0, 0.05) is 37.1 Å². The second kappa shape index (κ2) is 10.3. The maximum absolute atomic E-state index is 12.5. The van der Waals surface area contributed by atoms with Crippen molar-refractivity contribution in [2.24, 2.45) is 30.5 Å². The van der Waals surface area contributed by atoms with Crippen LogP contribution in [0.4, 0.5) is 10.1 Å². The lowest BCUT2D eigenvalue weighted by Crippen LogP contribution is -2.42. The van der Waals surface area contributed by atoms with Gasteiger partial charge in [0.25, 0.3) is 0 Å². The maximum Gasteiger partial charge on any atom is 0.211 e. The summed E-state index contributed by atoms with van der Waals surface area (Å²) in [6.45, 7) is 3.94. The molecule has 186 valence electrons. The number of rotatable bonds is 5. The Bertz CT molecular complexity index is 1050. The molecule has 0 spiro atoms. The molecule has 2 saturated carbocycles. The second-order valence-corrected chi connectivity index (χ2v) is 9.90. The van der Waals surface area contributed by atoms with Crippen molar-refractivity contribution < 1.29 is 14.3 Å². The number of aliphatic hydroxyl groups is 1. The number of hydrogen-bond acceptors (Lipinski definition) is 6. The van der Waals surface area contributed by atoms with E-state index in [1.54, 1.807) is 7.05 Å². The van der Waals surface area contributed by atoms with Crippen molar-refractivity contribution in [1.29, 1.82) is 0 Å². The maximum atomic E-state index is 12.5. The van der Waals surface area contributed by atoms with E-state index >= 15 is 0 Å². The fraction of sp³-hybridized carbons (Fsp3) is 0.500. The molecule has 2 atom stereocenters. The third-order valence-electron chi connectivity index (χ3n) is 7.01. The number of aryl methyl sites for hydroxylation is 1. The highest BCUT2D eigenvalue weighted by atomic mass is 35.5. The van der Waals surface area contributed by atoms with Gasteiger partial charge in [0.05, 0.1) is 22.7 Å². The van der Waals surface area contributed by atoms with Crippen LogP contribution in [0.5, 0.6) is 0 Å². The van der Waals surface area contributed by atoms with E-state index in [-0.39, 0.29) is 5.02 Å². The third-order valence-corrected chi connectivity index (χ3v) is 7.30. The number of halogens is 2. The molecular weight excluding hydrogens is 459 g/mol. The zero-order valence-electron chi connectivity index (χ0n) is 20.1. The Kier molecular flexibility index (Phi) is 7.90. The highest BCUT2D eigenvalue weighted by Gasteiger charge is 2.52. The van der Waals surface area contributed by atoms with E-state index in [0.717, 1.165) is 25.7 Å². The SMILES string of the molecule is C/C(N)=C(/N(C)N)C1(O)CC2CC(c3ncn(C)c3C)CC2C1.O=CNc1ccc(F)c(Cl)c1. The minimum absolute atomic E-state index is 0.00292. The average molecular weight is 493 g/mol. The van der Waals surface area contributed by atoms with Gasteiger partial charge in [-0.15, -0.1) is 0 Å². The van der Waals surface area contributed by atoms with Gasteiger partial charge in [0.2, 0.25) is 6.41 Å². The average Bonchev–Trinajstić information content (AvgIpc) is 3.36. The van der Waals surface area contributed by atoms with Gasteiger partial charge in [-0.2, -0.15) is 0 Å². The van der Waals surface area contributed by atoms with Crippen LogP contribution in [0.15, 0.2) is 35.9 Å². The van der Waals surface area contributed by atoms with Gasteiger partial charge in [0.1, 0.15) is 11.4 Å². The molecule has 2 unspecified atom stereocenters. The van der Waals surface area contributed by atoms with Crippen LogP contribution in [-0.4, -0.2) is 38.7 Å². The number of imidazole rings is 1. The molecule has 0 radical (unpaired) electrons. The normalized spacial score (nSPS) is 26.3. The van der Waals surface area contributed by atoms with Crippen molar-refractivity contribution >= 4 is 23.7 Å². The summed E-state index contributed by atoms with van der Waals surface area (Å²) in [5.41, 5.74) is 9.34. The Hall–Kier alpha value is -2.62. The predicted molar refractivity (Wildman–Crippen MR) is 131 cm³/mol. The number of nitrogens with one attached hydrogen (secondary N) is 1. The molecule has 1 aromatic heterocycles. The summed E-state index contributed by atoms with van der Waals surface area (Å²) in [6, 6.07) is 3.95. The zero-order chi connectivity index (χ0) is 25.2. The molecule has 8 nitrogen and oxygen atoms in total. The number of benzene rings is 1. The van der Waals surface area contributed by atoms with Gasteiger partial charge in [-0.25, -0.2) is 15.2 Å². The van der Waals surface area contributed by atoms with Crippen molar-refractivity contribution in [3.63, 3.8) is 0 Å². The fourth-order valence-corrected chi connectivity index (χ4v) is 5.80. The number of aromatic nitrogens is 2. The molecular formula is C24H34ClFN6O2. The summed E-state index contributed by atoms with van der Waals surface area (Å²) < 4.78 is 14.6. The van der Waals surface area contributed by atoms with E-state index in [2.05, 4.69) is 21.8 Å². The molecule has 0 aliphatic heterocycles. The number of allylic oxidation sites excluding steroid dienone is 1. The quantitative estimate of drug-likeness (QED) is 0.288. The molecule has 2 aromatic rings. The first-order chi connectivity index (χ1) is 16.0. The standard InChI is InChI=1S/C17H29N5O.C7H5ClFNO/c1-10(18)16(22(4)19)17(23)7-13-5-12(6-14(13)8-17)15-11(2)21(3)9-20-15;8-6-3-5(10-4-11)1-2-7(6)9/h9,12-14,23H,5-8,18-19H2,1-4H3;1-4H,(H,10,11)/b16-10-;. The first kappa shape index (κ1) is 26.0. The van der Waals surface area contributed by atoms with Crippen molar-refractivity contribution in [2.45, 2.75) is 51.0 Å². The van der Waals surface area contributed by atoms with Crippen LogP contribution in [0.3, 0.4) is 0 Å². The number of hydrazine groups is 1. The van der Waals surface area contributed by atoms with Gasteiger partial charge in [-0.1, -0.05) is 11.6 Å². The molecule has 34 heavy (non-hydrogen) atoms. The van der Waals surface area contributed by atoms with Gasteiger partial charge in [0.15, 0.2) is 0 Å². The summed E-state index contributed by atoms with van der Waals surface area (Å²) in [4.78, 5) is 14.5. The van der Waals surface area contributed by atoms with Crippen LogP contribution in [0, 0.1) is 24.6 Å². The molecule has 10 heteroatoms. The van der Waals surface area contributed by atoms with E-state index in [9.17, 15) is 14.3 Å². The first-order valence-electron chi connectivity index (χ1n) is 11.3. The number of likely N-dealkylation sites (N-methyl/N-ethyl adjacent to an activating group) is 1. The first-order valence-corrected chi connectivity index (χ1v) is 11.6. The Labute approximate surface area is 204 Å². The molecule has 1 aromatic carbocycles. The van der Waals surface area contributed by atoms with Gasteiger partial charge >= 0.3 is 0 Å². The number of nitrogens with zero attached hydrogens (tertiary/aromatic N) is 3. The minimum Gasteiger partial charge on any atom is -0.401 e. The largest absolute Gasteiger partial charge is 0.401 e. The van der Waals surface area contributed by atoms with Gasteiger partial charge in [-0.05, 0) is 69.6 Å². The van der Waals surface area contributed by atoms with Crippen LogP contribution in [0.2, 0.25) is 5.02 Å². The van der Waals surface area contributed by atoms with E-state index in [1.807, 2.05) is 20.3 Å². The summed E-state index contributed by atoms with van der Waals surface area (Å²) in [5.74, 6) is 6.96. The molecule has 2 aliphatic rings. The van der Waals surface area contributed by atoms with E-state index < -0.39 is 11.4 Å². The number of nitrogens with two attached hydrogens (primary N) is 2. The second-order valence-electron chi connectivity index (χ2n) is 9.49. The molecule has 1 amide bonds. The number of hydrogen-bond donors (Lipinski definition) is 4. The van der Waals surface area contributed by atoms with Gasteiger partial charge < -0.3 is 25.7 Å². The van der Waals surface area contributed by atoms with E-state index in [4.69, 9.17) is 23.2 Å². The number of fused-ring (bicyclic) bond motifs is 1. The topological polar surface area (TPSA) is 122 Å². The predicted octanol–water partition coefficient (Wildman–Crippen LogP) is 3.41. The minimum atomic E-state index is -0.887. The van der Waals surface area contributed by atoms with E-state index in [0.29, 0.717) is 41.2 Å². The summed E-state index contributed by atoms with van der Waals surface area (Å²) >= 11 is 5.42. The number of amides is 1. The summed E-state index contributed by atoms with van der Waals surface area (Å²) in [5, 5.41) is 15.0. The molecule has 0 saturated heterocycles. The molecule has 1 heterocycles. The van der Waals surface area contributed by atoms with Crippen LogP contribution < -0.4 is 16.9 Å². The van der Waals surface area contributed by atoms with Crippen molar-refractivity contribution in [1.82, 2.24) is 14.6 Å². The Morgan fingerprint density at radius 2 is 2.00 bits per heavy atom. The summed E-state index contributed by atoms with van der Waals surface area (Å²) in [6.07, 6.45) is 6.07. The zero-order valence-corrected chi connectivity index (χ0v) is 20.8. The molecule has 2 fully saturated rings. The van der Waals surface area contributed by atoms with Crippen LogP contribution in [0.25, 0.3) is 0 Å². The number of anilines is 1. The van der Waals surface area contributed by atoms with Crippen molar-refractivity contribution in [3.05, 3.63) is 58.1 Å². The molecule has 4 rings (SSSR count). The lowest BCUT2D eigenvalue weighted by molar-refractivity contribution is -0.105. The summed E-state index contributed by atoms with van der Waals surface area (Å²) in [7, 11) is 3.79. The highest BCUT2D eigenvalue weighted by molar-refractivity contribution is 6.31. The third kappa shape index (κ3) is 5.37. The molecule has 6 N–H and O–H groups in total. The lowest BCUT2D eigenvalue weighted by atomic mass is 9.89. The molecule has 0 bridgehead atoms. The van der Waals surface area contributed by atoms with Crippen molar-refractivity contribution in [2.75, 3.05) is 12.4 Å². The lowest BCUT2D eigenvalue weighted by Gasteiger charge is -2.33. The van der Waals surface area contributed by atoms with E-state index in [1.165, 1.54) is 34.6 Å². The monoisotopic (exact) mass is 492 g/mol. The Balaban J connectivity index is 0.000000248. The van der Waals surface area contributed by atoms with Crippen LogP contribution in [0.1, 0.15) is 49.9 Å². The number of carbonyl (C=O) groups excluding carboxylic acids is 1. The Morgan fingerprint density at radius 3 is 2.44 bits per heavy atom. The van der Waals surface area contributed by atoms with Gasteiger partial charge in [-0.3, -0.25) is 4.79 Å². The fourth-order valence-electron chi connectivity index (χ4n) is 5.62. The number of carbonyl (C=O) groups is 1. The molecule has 2 aliphatic carbocycles. The Morgan fingerprint density at radius 1 is 1.38 bits per heavy atom. The van der Waals surface area contributed by atoms with Crippen LogP contribution >= 0.6 is 11.6 Å². The van der Waals surface area contributed by atoms with Crippen LogP contribution in [-0.2, 0) is 11.8 Å². The highest BCUT2D eigenvalue weighted by Crippen LogP contribution is 2.55.